The number of hydrogen-bond donors (Lipinski definition) is 1. The highest BCUT2D eigenvalue weighted by Crippen LogP contribution is 2.41. The molecule has 1 N–H and O–H groups in total. The Morgan fingerprint density at radius 1 is 1.46 bits per heavy atom. The molecule has 1 aliphatic rings. The third-order valence-corrected chi connectivity index (χ3v) is 3.86. The maximum Gasteiger partial charge on any atom is 0.0815 e. The number of hydrogen-bond acceptors (Lipinski definition) is 1. The van der Waals surface area contributed by atoms with E-state index in [0.29, 0.717) is 23.6 Å². The van der Waals surface area contributed by atoms with E-state index >= 15 is 0 Å². The van der Waals surface area contributed by atoms with Crippen molar-refractivity contribution < 1.29 is 5.11 Å². The van der Waals surface area contributed by atoms with Crippen LogP contribution in [0.25, 0.3) is 0 Å². The van der Waals surface area contributed by atoms with E-state index in [1.54, 1.807) is 0 Å². The van der Waals surface area contributed by atoms with Gasteiger partial charge in [-0.3, -0.25) is 0 Å². The van der Waals surface area contributed by atoms with Crippen LogP contribution >= 0.6 is 11.6 Å². The lowest BCUT2D eigenvalue weighted by molar-refractivity contribution is -0.0620. The molecule has 2 heteroatoms. The minimum absolute atomic E-state index is 0.389. The summed E-state index contributed by atoms with van der Waals surface area (Å²) in [5, 5.41) is 10.3. The van der Waals surface area contributed by atoms with Crippen LogP contribution in [0.2, 0.25) is 0 Å². The molecule has 0 radical (unpaired) electrons. The fraction of sp³-hybridized carbons (Fsp3) is 1.00. The molecule has 1 fully saturated rings. The summed E-state index contributed by atoms with van der Waals surface area (Å²) in [5.41, 5.74) is -0.604. The minimum atomic E-state index is -0.604. The second-order valence-corrected chi connectivity index (χ2v) is 5.24. The Balaban J connectivity index is 2.72. The molecule has 0 bridgehead atoms. The molecule has 0 saturated heterocycles. The summed E-state index contributed by atoms with van der Waals surface area (Å²) < 4.78 is 0. The summed E-state index contributed by atoms with van der Waals surface area (Å²) in [6.07, 6.45) is 3.24. The minimum Gasteiger partial charge on any atom is -0.388 e. The van der Waals surface area contributed by atoms with Gasteiger partial charge in [-0.25, -0.2) is 0 Å². The number of rotatable bonds is 2. The molecule has 0 unspecified atom stereocenters. The molecule has 0 amide bonds. The van der Waals surface area contributed by atoms with Crippen molar-refractivity contribution in [2.45, 2.75) is 45.6 Å². The number of halogens is 1. The molecular formula is C11H21ClO. The lowest BCUT2D eigenvalue weighted by atomic mass is 9.68. The fourth-order valence-corrected chi connectivity index (χ4v) is 3.00. The van der Waals surface area contributed by atoms with Crippen molar-refractivity contribution in [3.8, 4) is 0 Å². The van der Waals surface area contributed by atoms with Crippen molar-refractivity contribution in [1.29, 1.82) is 0 Å². The number of alkyl halides is 1. The predicted octanol–water partition coefficient (Wildman–Crippen LogP) is 3.05. The van der Waals surface area contributed by atoms with E-state index in [2.05, 4.69) is 20.8 Å². The van der Waals surface area contributed by atoms with Crippen LogP contribution in [0.5, 0.6) is 0 Å². The Bertz CT molecular complexity index is 169. The molecule has 13 heavy (non-hydrogen) atoms. The van der Waals surface area contributed by atoms with Gasteiger partial charge in [0.1, 0.15) is 0 Å². The van der Waals surface area contributed by atoms with Crippen LogP contribution in [0.1, 0.15) is 40.0 Å². The van der Waals surface area contributed by atoms with E-state index in [9.17, 15) is 5.11 Å². The van der Waals surface area contributed by atoms with E-state index in [1.807, 2.05) is 0 Å². The molecule has 0 aromatic rings. The van der Waals surface area contributed by atoms with Crippen LogP contribution in [0, 0.1) is 17.8 Å². The third kappa shape index (κ3) is 2.38. The van der Waals surface area contributed by atoms with Gasteiger partial charge in [0.25, 0.3) is 0 Å². The van der Waals surface area contributed by atoms with E-state index in [4.69, 9.17) is 11.6 Å². The Labute approximate surface area is 86.5 Å². The molecule has 0 aromatic carbocycles. The normalized spacial score (nSPS) is 41.1. The van der Waals surface area contributed by atoms with E-state index in [-0.39, 0.29) is 0 Å². The van der Waals surface area contributed by atoms with Gasteiger partial charge in [-0.15, -0.1) is 11.6 Å². The van der Waals surface area contributed by atoms with Crippen molar-refractivity contribution in [2.24, 2.45) is 17.8 Å². The summed E-state index contributed by atoms with van der Waals surface area (Å²) in [7, 11) is 0. The van der Waals surface area contributed by atoms with E-state index in [0.717, 1.165) is 12.8 Å². The van der Waals surface area contributed by atoms with E-state index < -0.39 is 5.60 Å². The van der Waals surface area contributed by atoms with Crippen molar-refractivity contribution in [3.05, 3.63) is 0 Å². The lowest BCUT2D eigenvalue weighted by Crippen LogP contribution is -2.47. The monoisotopic (exact) mass is 204 g/mol. The first kappa shape index (κ1) is 11.3. The maximum absolute atomic E-state index is 10.3. The third-order valence-electron chi connectivity index (χ3n) is 3.40. The second-order valence-electron chi connectivity index (χ2n) is 4.97. The molecule has 1 aliphatic carbocycles. The first-order chi connectivity index (χ1) is 5.99. The molecule has 1 rings (SSSR count). The predicted molar refractivity (Wildman–Crippen MR) is 57.0 cm³/mol. The molecular weight excluding hydrogens is 184 g/mol. The van der Waals surface area contributed by atoms with Gasteiger partial charge >= 0.3 is 0 Å². The van der Waals surface area contributed by atoms with Crippen LogP contribution in [0.15, 0.2) is 0 Å². The summed E-state index contributed by atoms with van der Waals surface area (Å²) in [6, 6.07) is 0. The molecule has 0 aromatic heterocycles. The average Bonchev–Trinajstić information content (AvgIpc) is 2.03. The van der Waals surface area contributed by atoms with Gasteiger partial charge in [0, 0.05) is 0 Å². The van der Waals surface area contributed by atoms with Crippen LogP contribution in [0.4, 0.5) is 0 Å². The quantitative estimate of drug-likeness (QED) is 0.686. The molecule has 0 aliphatic heterocycles. The zero-order chi connectivity index (χ0) is 10.1. The smallest absolute Gasteiger partial charge is 0.0815 e. The molecule has 1 saturated carbocycles. The van der Waals surface area contributed by atoms with Gasteiger partial charge in [0.2, 0.25) is 0 Å². The molecule has 3 atom stereocenters. The van der Waals surface area contributed by atoms with Gasteiger partial charge in [-0.05, 0) is 30.6 Å². The zero-order valence-electron chi connectivity index (χ0n) is 8.89. The first-order valence-electron chi connectivity index (χ1n) is 5.28. The largest absolute Gasteiger partial charge is 0.388 e. The van der Waals surface area contributed by atoms with Gasteiger partial charge in [0.15, 0.2) is 0 Å². The highest BCUT2D eigenvalue weighted by atomic mass is 35.5. The summed E-state index contributed by atoms with van der Waals surface area (Å²) >= 11 is 5.88. The van der Waals surface area contributed by atoms with Crippen molar-refractivity contribution >= 4 is 11.6 Å². The van der Waals surface area contributed by atoms with Crippen molar-refractivity contribution in [1.82, 2.24) is 0 Å². The van der Waals surface area contributed by atoms with Gasteiger partial charge in [0.05, 0.1) is 11.5 Å². The summed E-state index contributed by atoms with van der Waals surface area (Å²) in [5.74, 6) is 1.94. The Hall–Kier alpha value is 0.250. The lowest BCUT2D eigenvalue weighted by Gasteiger charge is -2.43. The average molecular weight is 205 g/mol. The summed E-state index contributed by atoms with van der Waals surface area (Å²) in [4.78, 5) is 0. The maximum atomic E-state index is 10.3. The van der Waals surface area contributed by atoms with Gasteiger partial charge in [-0.2, -0.15) is 0 Å². The van der Waals surface area contributed by atoms with E-state index in [1.165, 1.54) is 6.42 Å². The van der Waals surface area contributed by atoms with Crippen LogP contribution in [-0.4, -0.2) is 16.6 Å². The van der Waals surface area contributed by atoms with Crippen LogP contribution < -0.4 is 0 Å². The molecule has 0 spiro atoms. The fourth-order valence-electron chi connectivity index (χ4n) is 2.70. The van der Waals surface area contributed by atoms with Crippen molar-refractivity contribution in [2.75, 3.05) is 5.88 Å². The van der Waals surface area contributed by atoms with Gasteiger partial charge in [-0.1, -0.05) is 27.2 Å². The van der Waals surface area contributed by atoms with Gasteiger partial charge < -0.3 is 5.11 Å². The Morgan fingerprint density at radius 2 is 2.08 bits per heavy atom. The Kier molecular flexibility index (Phi) is 3.64. The SMILES string of the molecule is CC(C)[C@@H]1CC[C@@H](C)C[C@]1(O)CCl. The highest BCUT2D eigenvalue weighted by Gasteiger charge is 2.41. The summed E-state index contributed by atoms with van der Waals surface area (Å²) in [6.45, 7) is 6.56. The molecule has 1 nitrogen and oxygen atoms in total. The molecule has 78 valence electrons. The van der Waals surface area contributed by atoms with Crippen molar-refractivity contribution in [3.63, 3.8) is 0 Å². The first-order valence-corrected chi connectivity index (χ1v) is 5.81. The topological polar surface area (TPSA) is 20.2 Å². The second kappa shape index (κ2) is 4.18. The highest BCUT2D eigenvalue weighted by molar-refractivity contribution is 6.18. The number of aliphatic hydroxyl groups is 1. The zero-order valence-corrected chi connectivity index (χ0v) is 9.64. The standard InChI is InChI=1S/C11H21ClO/c1-8(2)10-5-4-9(3)6-11(10,13)7-12/h8-10,13H,4-7H2,1-3H3/t9-,10+,11+/m1/s1. The van der Waals surface area contributed by atoms with Crippen LogP contribution in [-0.2, 0) is 0 Å². The molecule has 0 heterocycles. The Morgan fingerprint density at radius 3 is 2.54 bits per heavy atom. The van der Waals surface area contributed by atoms with Crippen LogP contribution in [0.3, 0.4) is 0 Å².